The Morgan fingerprint density at radius 2 is 0.736 bits per heavy atom. The van der Waals surface area contributed by atoms with E-state index in [1.807, 2.05) is 97.1 Å². The molecular formula is C63H35F3N6. The number of benzene rings is 10. The van der Waals surface area contributed by atoms with E-state index in [0.717, 1.165) is 111 Å². The van der Waals surface area contributed by atoms with E-state index in [0.29, 0.717) is 22.5 Å². The smallest absolute Gasteiger partial charge is 0.309 e. The molecule has 0 N–H and O–H groups in total. The molecule has 0 atom stereocenters. The first kappa shape index (κ1) is 41.2. The lowest BCUT2D eigenvalue weighted by atomic mass is 9.94. The monoisotopic (exact) mass is 932 g/mol. The van der Waals surface area contributed by atoms with Gasteiger partial charge in [0.25, 0.3) is 0 Å². The molecule has 0 unspecified atom stereocenters. The third-order valence-electron chi connectivity index (χ3n) is 14.4. The summed E-state index contributed by atoms with van der Waals surface area (Å²) in [6, 6.07) is 73.1. The van der Waals surface area contributed by atoms with Crippen molar-refractivity contribution in [3.05, 3.63) is 229 Å². The normalized spacial score (nSPS) is 12.1. The molecule has 0 aliphatic heterocycles. The largest absolute Gasteiger partial charge is 0.416 e. The number of aromatic nitrogens is 4. The van der Waals surface area contributed by atoms with Crippen molar-refractivity contribution >= 4 is 87.2 Å². The summed E-state index contributed by atoms with van der Waals surface area (Å²) in [4.78, 5) is 0. The Bertz CT molecular complexity index is 4440. The molecule has 4 heterocycles. The van der Waals surface area contributed by atoms with Gasteiger partial charge in [-0.1, -0.05) is 121 Å². The van der Waals surface area contributed by atoms with E-state index >= 15 is 13.2 Å². The molecule has 0 amide bonds. The summed E-state index contributed by atoms with van der Waals surface area (Å²) in [6.45, 7) is 0. The van der Waals surface area contributed by atoms with Gasteiger partial charge in [0.1, 0.15) is 0 Å². The van der Waals surface area contributed by atoms with Gasteiger partial charge < -0.3 is 18.3 Å². The highest BCUT2D eigenvalue weighted by Crippen LogP contribution is 2.49. The van der Waals surface area contributed by atoms with Crippen molar-refractivity contribution in [3.63, 3.8) is 0 Å². The number of alkyl halides is 3. The fourth-order valence-corrected chi connectivity index (χ4v) is 11.6. The van der Waals surface area contributed by atoms with E-state index in [9.17, 15) is 10.5 Å². The van der Waals surface area contributed by atoms with Gasteiger partial charge in [-0.3, -0.25) is 0 Å². The van der Waals surface area contributed by atoms with Crippen molar-refractivity contribution in [1.29, 1.82) is 10.5 Å². The Labute approximate surface area is 408 Å². The molecule has 0 aliphatic rings. The fraction of sp³-hybridized carbons (Fsp3) is 0.0159. The number of halogens is 3. The van der Waals surface area contributed by atoms with Crippen LogP contribution < -0.4 is 0 Å². The van der Waals surface area contributed by atoms with E-state index in [1.165, 1.54) is 0 Å². The lowest BCUT2D eigenvalue weighted by Crippen LogP contribution is -2.08. The zero-order chi connectivity index (χ0) is 48.4. The van der Waals surface area contributed by atoms with Crippen molar-refractivity contribution in [1.82, 2.24) is 18.3 Å². The van der Waals surface area contributed by atoms with Crippen LogP contribution in [0.4, 0.5) is 13.2 Å². The first-order valence-electron chi connectivity index (χ1n) is 23.5. The highest BCUT2D eigenvalue weighted by Gasteiger charge is 2.33. The van der Waals surface area contributed by atoms with Gasteiger partial charge in [-0.25, -0.2) is 0 Å². The van der Waals surface area contributed by atoms with Gasteiger partial charge in [0.15, 0.2) is 0 Å². The molecule has 0 radical (unpaired) electrons. The van der Waals surface area contributed by atoms with Crippen molar-refractivity contribution in [2.24, 2.45) is 0 Å². The summed E-state index contributed by atoms with van der Waals surface area (Å²) < 4.78 is 54.5. The number of fused-ring (bicyclic) bond motifs is 14. The van der Waals surface area contributed by atoms with Crippen LogP contribution in [0.15, 0.2) is 212 Å². The predicted molar refractivity (Wildman–Crippen MR) is 284 cm³/mol. The molecule has 0 aliphatic carbocycles. The maximum atomic E-state index is 15.3. The van der Waals surface area contributed by atoms with Gasteiger partial charge in [0, 0.05) is 60.0 Å². The molecule has 6 nitrogen and oxygen atoms in total. The number of rotatable bonds is 5. The van der Waals surface area contributed by atoms with Crippen molar-refractivity contribution < 1.29 is 13.2 Å². The second-order valence-corrected chi connectivity index (χ2v) is 18.2. The second-order valence-electron chi connectivity index (χ2n) is 18.2. The Balaban J connectivity index is 1.23. The molecule has 0 fully saturated rings. The number of hydrogen-bond acceptors (Lipinski definition) is 2. The SMILES string of the molecule is N#Cc1cc(-c2c(-n3c4ccccc4c4ccc5c(c6ccccc6n5-c5ccccc5)c43)cc(C#N)cc2-n2c3ccccc3c3ccc4c(c5ccccc5n4-c4ccccc4)c32)cc(C(F)(F)F)c1. The molecular weight excluding hydrogens is 898 g/mol. The van der Waals surface area contributed by atoms with Gasteiger partial charge in [0.2, 0.25) is 0 Å². The third-order valence-corrected chi connectivity index (χ3v) is 14.4. The summed E-state index contributed by atoms with van der Waals surface area (Å²) in [5.41, 5.74) is 9.75. The number of hydrogen-bond donors (Lipinski definition) is 0. The van der Waals surface area contributed by atoms with Crippen LogP contribution in [0, 0.1) is 22.7 Å². The molecule has 0 saturated heterocycles. The molecule has 0 saturated carbocycles. The molecule has 72 heavy (non-hydrogen) atoms. The number of nitrogens with zero attached hydrogens (tertiary/aromatic N) is 6. The van der Waals surface area contributed by atoms with Crippen LogP contribution in [0.3, 0.4) is 0 Å². The van der Waals surface area contributed by atoms with E-state index in [-0.39, 0.29) is 11.1 Å². The summed E-state index contributed by atoms with van der Waals surface area (Å²) >= 11 is 0. The van der Waals surface area contributed by atoms with Crippen molar-refractivity contribution in [2.45, 2.75) is 6.18 Å². The molecule has 0 bridgehead atoms. The molecule has 338 valence electrons. The zero-order valence-electron chi connectivity index (χ0n) is 38.0. The summed E-state index contributed by atoms with van der Waals surface area (Å²) in [6.07, 6.45) is -4.79. The van der Waals surface area contributed by atoms with Gasteiger partial charge >= 0.3 is 6.18 Å². The van der Waals surface area contributed by atoms with Crippen LogP contribution in [-0.2, 0) is 6.18 Å². The van der Waals surface area contributed by atoms with Crippen LogP contribution in [0.1, 0.15) is 16.7 Å². The van der Waals surface area contributed by atoms with Crippen LogP contribution in [-0.4, -0.2) is 18.3 Å². The first-order valence-corrected chi connectivity index (χ1v) is 23.5. The van der Waals surface area contributed by atoms with Gasteiger partial charge in [-0.15, -0.1) is 0 Å². The summed E-state index contributed by atoms with van der Waals surface area (Å²) in [5, 5.41) is 29.3. The van der Waals surface area contributed by atoms with E-state index in [4.69, 9.17) is 0 Å². The van der Waals surface area contributed by atoms with Crippen LogP contribution in [0.25, 0.3) is 121 Å². The van der Waals surface area contributed by atoms with Crippen LogP contribution in [0.5, 0.6) is 0 Å². The molecule has 4 aromatic heterocycles. The molecule has 10 aromatic carbocycles. The minimum atomic E-state index is -4.79. The molecule has 0 spiro atoms. The summed E-state index contributed by atoms with van der Waals surface area (Å²) in [7, 11) is 0. The topological polar surface area (TPSA) is 67.3 Å². The Kier molecular flexibility index (Phi) is 8.77. The van der Waals surface area contributed by atoms with Gasteiger partial charge in [0.05, 0.1) is 84.3 Å². The molecule has 14 aromatic rings. The Morgan fingerprint density at radius 3 is 1.17 bits per heavy atom. The van der Waals surface area contributed by atoms with E-state index in [2.05, 4.69) is 115 Å². The standard InChI is InChI=1S/C63H35F3N6/c64-63(65,66)41-32-38(36-67)31-40(35-41)58-56(71-50-23-11-7-19-44(50)46-27-29-54-59(61(46)71)48-21-9-13-25-52(48)69(54)42-15-3-1-4-16-42)33-39(37-68)34-57(58)72-51-24-12-8-20-45(51)47-28-30-55-60(62(47)72)49-22-10-14-26-53(49)70(55)43-17-5-2-6-18-43/h1-35H. The average Bonchev–Trinajstić information content (AvgIpc) is 4.15. The highest BCUT2D eigenvalue weighted by atomic mass is 19.4. The quantitative estimate of drug-likeness (QED) is 0.173. The third kappa shape index (κ3) is 5.83. The second kappa shape index (κ2) is 15.3. The van der Waals surface area contributed by atoms with Crippen molar-refractivity contribution in [2.75, 3.05) is 0 Å². The Morgan fingerprint density at radius 1 is 0.347 bits per heavy atom. The van der Waals surface area contributed by atoms with Crippen LogP contribution >= 0.6 is 0 Å². The first-order chi connectivity index (χ1) is 35.3. The average molecular weight is 933 g/mol. The number of para-hydroxylation sites is 6. The van der Waals surface area contributed by atoms with Crippen LogP contribution in [0.2, 0.25) is 0 Å². The van der Waals surface area contributed by atoms with E-state index < -0.39 is 11.7 Å². The predicted octanol–water partition coefficient (Wildman–Crippen LogP) is 16.5. The maximum Gasteiger partial charge on any atom is 0.416 e. The van der Waals surface area contributed by atoms with Gasteiger partial charge in [-0.05, 0) is 96.6 Å². The minimum absolute atomic E-state index is 0.146. The van der Waals surface area contributed by atoms with Crippen molar-refractivity contribution in [3.8, 4) is 46.0 Å². The number of nitriles is 2. The van der Waals surface area contributed by atoms with E-state index in [1.54, 1.807) is 18.2 Å². The molecule has 9 heteroatoms. The minimum Gasteiger partial charge on any atom is -0.309 e. The summed E-state index contributed by atoms with van der Waals surface area (Å²) in [5.74, 6) is 0. The lowest BCUT2D eigenvalue weighted by molar-refractivity contribution is -0.137. The van der Waals surface area contributed by atoms with Gasteiger partial charge in [-0.2, -0.15) is 23.7 Å². The maximum absolute atomic E-state index is 15.3. The lowest BCUT2D eigenvalue weighted by Gasteiger charge is -2.22. The highest BCUT2D eigenvalue weighted by molar-refractivity contribution is 6.28. The fourth-order valence-electron chi connectivity index (χ4n) is 11.6. The Hall–Kier alpha value is -9.83. The zero-order valence-corrected chi connectivity index (χ0v) is 38.0. The molecule has 14 rings (SSSR count).